The zero-order chi connectivity index (χ0) is 35.2. The van der Waals surface area contributed by atoms with E-state index in [9.17, 15) is 45.6 Å². The molecule has 0 amide bonds. The summed E-state index contributed by atoms with van der Waals surface area (Å²) in [6, 6.07) is 5.07. The molecule has 10 atom stereocenters. The molecule has 0 saturated carbocycles. The Hall–Kier alpha value is -3.93. The molecule has 0 spiro atoms. The van der Waals surface area contributed by atoms with Gasteiger partial charge in [-0.25, -0.2) is 0 Å². The van der Waals surface area contributed by atoms with Crippen LogP contribution in [0.2, 0.25) is 0 Å². The van der Waals surface area contributed by atoms with Crippen LogP contribution in [0.5, 0.6) is 28.7 Å². The van der Waals surface area contributed by atoms with Crippen LogP contribution in [-0.2, 0) is 20.6 Å². The topological polar surface area (TPSA) is 238 Å². The predicted molar refractivity (Wildman–Crippen MR) is 167 cm³/mol. The number of rotatable bonds is 8. The number of aliphatic hydroxyl groups excluding tert-OH is 5. The summed E-state index contributed by atoms with van der Waals surface area (Å²) in [7, 11) is 1.34. The summed E-state index contributed by atoms with van der Waals surface area (Å²) in [4.78, 5) is 14.3. The highest BCUT2D eigenvalue weighted by atomic mass is 16.8. The fourth-order valence-electron chi connectivity index (χ4n) is 5.64. The van der Waals surface area contributed by atoms with E-state index in [0.717, 1.165) is 11.6 Å². The summed E-state index contributed by atoms with van der Waals surface area (Å²) in [6.45, 7) is 6.51. The first-order valence-corrected chi connectivity index (χ1v) is 15.2. The number of phenols is 3. The fraction of sp³-hybridized carbons (Fsp3) is 0.485. The third-order valence-corrected chi connectivity index (χ3v) is 8.46. The fourth-order valence-corrected chi connectivity index (χ4v) is 5.64. The van der Waals surface area contributed by atoms with Crippen LogP contribution in [0.1, 0.15) is 33.3 Å². The van der Waals surface area contributed by atoms with Crippen molar-refractivity contribution in [3.63, 3.8) is 0 Å². The Morgan fingerprint density at radius 3 is 2.10 bits per heavy atom. The minimum absolute atomic E-state index is 0.0946. The molecule has 2 aromatic carbocycles. The van der Waals surface area contributed by atoms with Gasteiger partial charge in [0, 0.05) is 17.2 Å². The molecule has 0 unspecified atom stereocenters. The Bertz CT molecular complexity index is 1730. The van der Waals surface area contributed by atoms with Crippen LogP contribution >= 0.6 is 0 Å². The third kappa shape index (κ3) is 6.55. The van der Waals surface area contributed by atoms with E-state index in [-0.39, 0.29) is 51.5 Å². The van der Waals surface area contributed by atoms with E-state index in [0.29, 0.717) is 0 Å². The largest absolute Gasteiger partial charge is 0.507 e. The first-order valence-electron chi connectivity index (χ1n) is 15.2. The lowest BCUT2D eigenvalue weighted by molar-refractivity contribution is -0.352. The molecule has 0 bridgehead atoms. The molecule has 0 radical (unpaired) electrons. The van der Waals surface area contributed by atoms with Gasteiger partial charge in [0.05, 0.1) is 19.3 Å². The van der Waals surface area contributed by atoms with Crippen molar-refractivity contribution in [1.29, 1.82) is 0 Å². The number of phenolic OH excluding ortho intramolecular Hbond substituents is 3. The number of aromatic hydroxyl groups is 3. The number of methoxy groups -OCH3 is 1. The molecule has 8 N–H and O–H groups in total. The maximum Gasteiger partial charge on any atom is 0.239 e. The third-order valence-electron chi connectivity index (χ3n) is 8.46. The lowest BCUT2D eigenvalue weighted by Crippen LogP contribution is -2.63. The summed E-state index contributed by atoms with van der Waals surface area (Å²) in [5.74, 6) is -2.07. The van der Waals surface area contributed by atoms with Gasteiger partial charge < -0.3 is 69.0 Å². The molecule has 0 aliphatic carbocycles. The van der Waals surface area contributed by atoms with E-state index in [1.54, 1.807) is 6.08 Å². The van der Waals surface area contributed by atoms with Gasteiger partial charge in [-0.2, -0.15) is 0 Å². The van der Waals surface area contributed by atoms with Gasteiger partial charge in [0.1, 0.15) is 53.0 Å². The Balaban J connectivity index is 1.68. The normalized spacial score (nSPS) is 30.6. The van der Waals surface area contributed by atoms with Gasteiger partial charge in [-0.05, 0) is 52.3 Å². The number of allylic oxidation sites excluding steroid dienone is 2. The smallest absolute Gasteiger partial charge is 0.239 e. The van der Waals surface area contributed by atoms with Gasteiger partial charge in [-0.1, -0.05) is 11.6 Å². The van der Waals surface area contributed by atoms with E-state index >= 15 is 0 Å². The second-order valence-electron chi connectivity index (χ2n) is 12.1. The number of aliphatic hydroxyl groups is 5. The predicted octanol–water partition coefficient (Wildman–Crippen LogP) is 1.15. The summed E-state index contributed by atoms with van der Waals surface area (Å²) >= 11 is 0. The van der Waals surface area contributed by atoms with E-state index in [1.807, 2.05) is 13.8 Å². The summed E-state index contributed by atoms with van der Waals surface area (Å²) < 4.78 is 34.6. The molecule has 2 fully saturated rings. The van der Waals surface area contributed by atoms with Crippen molar-refractivity contribution in [2.45, 2.75) is 95.5 Å². The Morgan fingerprint density at radius 1 is 0.833 bits per heavy atom. The second kappa shape index (κ2) is 13.9. The van der Waals surface area contributed by atoms with Gasteiger partial charge >= 0.3 is 0 Å². The first-order chi connectivity index (χ1) is 22.6. The average Bonchev–Trinajstić information content (AvgIpc) is 3.03. The molecule has 15 heteroatoms. The molecule has 2 saturated heterocycles. The zero-order valence-corrected chi connectivity index (χ0v) is 26.8. The molecule has 15 nitrogen and oxygen atoms in total. The SMILES string of the molecule is COc1ccc(-c2oc3c(CC=C(C)C)c(O)cc(O)c3c(=O)c2O[C@@H]2O[C@@H](C)[C@H](O)[C@@H](O)[C@H]2O[C@@H]2O[C@@H](C)[C@H](O)[C@@H](O)[C@H]2O)cc1O. The Kier molecular flexibility index (Phi) is 10.2. The lowest BCUT2D eigenvalue weighted by atomic mass is 9.98. The molecule has 5 rings (SSSR count). The van der Waals surface area contributed by atoms with Crippen molar-refractivity contribution in [2.24, 2.45) is 0 Å². The maximum absolute atomic E-state index is 14.3. The molecular weight excluding hydrogens is 636 g/mol. The summed E-state index contributed by atoms with van der Waals surface area (Å²) in [5.41, 5.74) is 0.0600. The minimum Gasteiger partial charge on any atom is -0.507 e. The van der Waals surface area contributed by atoms with Gasteiger partial charge in [0.15, 0.2) is 29.7 Å². The van der Waals surface area contributed by atoms with Crippen molar-refractivity contribution in [1.82, 2.24) is 0 Å². The van der Waals surface area contributed by atoms with E-state index in [2.05, 4.69) is 0 Å². The van der Waals surface area contributed by atoms with Gasteiger partial charge in [0.25, 0.3) is 0 Å². The molecular formula is C33H40O15. The molecule has 3 heterocycles. The van der Waals surface area contributed by atoms with E-state index < -0.39 is 78.3 Å². The standard InChI is InChI=1S/C33H40O15/c1-12(2)6-8-16-17(34)11-19(36)21-24(39)30(28(46-29(16)21)15-7-9-20(43-5)18(35)10-15)47-33-31(26(41)23(38)14(4)45-33)48-32-27(42)25(40)22(37)13(3)44-32/h6-7,9-11,13-14,22-23,25-27,31-38,40-42H,8H2,1-5H3/t13-,14-,22-,23-,25+,26+,27+,31+,32-,33-/m0/s1. The maximum atomic E-state index is 14.3. The quantitative estimate of drug-likeness (QED) is 0.156. The van der Waals surface area contributed by atoms with Crippen LogP contribution in [0.3, 0.4) is 0 Å². The van der Waals surface area contributed by atoms with E-state index in [1.165, 1.54) is 39.2 Å². The van der Waals surface area contributed by atoms with Crippen LogP contribution in [-0.4, -0.2) is 109 Å². The van der Waals surface area contributed by atoms with E-state index in [4.69, 9.17) is 28.1 Å². The number of fused-ring (bicyclic) bond motifs is 1. The van der Waals surface area contributed by atoms with Gasteiger partial charge in [-0.3, -0.25) is 4.79 Å². The second-order valence-corrected chi connectivity index (χ2v) is 12.1. The highest BCUT2D eigenvalue weighted by Gasteiger charge is 2.50. The number of hydrogen-bond acceptors (Lipinski definition) is 15. The first kappa shape index (κ1) is 35.4. The number of ether oxygens (including phenoxy) is 5. The Labute approximate surface area is 274 Å². The van der Waals surface area contributed by atoms with Crippen LogP contribution in [0.4, 0.5) is 0 Å². The average molecular weight is 677 g/mol. The lowest BCUT2D eigenvalue weighted by Gasteiger charge is -2.45. The van der Waals surface area contributed by atoms with Crippen LogP contribution in [0, 0.1) is 0 Å². The molecule has 3 aromatic rings. The van der Waals surface area contributed by atoms with Crippen molar-refractivity contribution in [3.8, 4) is 40.1 Å². The molecule has 262 valence electrons. The van der Waals surface area contributed by atoms with Crippen LogP contribution in [0.15, 0.2) is 45.1 Å². The number of hydrogen-bond donors (Lipinski definition) is 8. The monoisotopic (exact) mass is 676 g/mol. The van der Waals surface area contributed by atoms with Crippen molar-refractivity contribution in [3.05, 3.63) is 51.7 Å². The zero-order valence-electron chi connectivity index (χ0n) is 26.8. The van der Waals surface area contributed by atoms with Crippen LogP contribution < -0.4 is 14.9 Å². The highest BCUT2D eigenvalue weighted by molar-refractivity contribution is 5.91. The van der Waals surface area contributed by atoms with Crippen molar-refractivity contribution >= 4 is 11.0 Å². The summed E-state index contributed by atoms with van der Waals surface area (Å²) in [5, 5.41) is 84.6. The van der Waals surface area contributed by atoms with Gasteiger partial charge in [-0.15, -0.1) is 0 Å². The molecule has 2 aliphatic rings. The van der Waals surface area contributed by atoms with Gasteiger partial charge in [0.2, 0.25) is 17.5 Å². The number of benzene rings is 2. The van der Waals surface area contributed by atoms with Crippen molar-refractivity contribution in [2.75, 3.05) is 7.11 Å². The molecule has 48 heavy (non-hydrogen) atoms. The van der Waals surface area contributed by atoms with Crippen LogP contribution in [0.25, 0.3) is 22.3 Å². The summed E-state index contributed by atoms with van der Waals surface area (Å²) in [6.07, 6.45) is -13.5. The Morgan fingerprint density at radius 2 is 1.48 bits per heavy atom. The molecule has 2 aliphatic heterocycles. The molecule has 1 aromatic heterocycles. The minimum atomic E-state index is -1.80. The van der Waals surface area contributed by atoms with Crippen molar-refractivity contribution < 1.29 is 69.0 Å². The highest BCUT2D eigenvalue weighted by Crippen LogP contribution is 2.42.